The minimum absolute atomic E-state index is 0.187. The number of amides is 2. The summed E-state index contributed by atoms with van der Waals surface area (Å²) >= 11 is 0. The number of hydrogen-bond acceptors (Lipinski definition) is 4. The van der Waals surface area contributed by atoms with Crippen LogP contribution in [-0.2, 0) is 4.74 Å². The first-order valence-electron chi connectivity index (χ1n) is 7.94. The van der Waals surface area contributed by atoms with Gasteiger partial charge in [0.05, 0.1) is 13.2 Å². The highest BCUT2D eigenvalue weighted by Crippen LogP contribution is 2.29. The van der Waals surface area contributed by atoms with E-state index in [4.69, 9.17) is 4.74 Å². The molecule has 2 aliphatic heterocycles. The molecule has 1 fully saturated rings. The Morgan fingerprint density at radius 3 is 2.09 bits per heavy atom. The molecule has 2 heterocycles. The fourth-order valence-corrected chi connectivity index (χ4v) is 3.35. The third-order valence-corrected chi connectivity index (χ3v) is 4.60. The maximum Gasteiger partial charge on any atom is 0.261 e. The van der Waals surface area contributed by atoms with Gasteiger partial charge in [0.1, 0.15) is 0 Å². The van der Waals surface area contributed by atoms with Crippen molar-refractivity contribution in [3.63, 3.8) is 0 Å². The number of carbonyl (C=O) groups excluding carboxylic acids is 2. The van der Waals surface area contributed by atoms with Crippen LogP contribution in [0.1, 0.15) is 20.7 Å². The molecule has 118 valence electrons. The molecule has 1 saturated heterocycles. The summed E-state index contributed by atoms with van der Waals surface area (Å²) in [7, 11) is 0. The first-order valence-corrected chi connectivity index (χ1v) is 7.94. The lowest BCUT2D eigenvalue weighted by Crippen LogP contribution is -2.46. The monoisotopic (exact) mass is 310 g/mol. The smallest absolute Gasteiger partial charge is 0.261 e. The molecule has 0 bridgehead atoms. The van der Waals surface area contributed by atoms with E-state index in [1.165, 1.54) is 4.90 Å². The Kier molecular flexibility index (Phi) is 3.59. The molecule has 2 aromatic rings. The van der Waals surface area contributed by atoms with E-state index in [1.807, 2.05) is 36.4 Å². The summed E-state index contributed by atoms with van der Waals surface area (Å²) < 4.78 is 5.33. The van der Waals surface area contributed by atoms with Gasteiger partial charge in [0.25, 0.3) is 11.8 Å². The van der Waals surface area contributed by atoms with Gasteiger partial charge >= 0.3 is 0 Å². The third-order valence-electron chi connectivity index (χ3n) is 4.60. The van der Waals surface area contributed by atoms with E-state index in [0.717, 1.165) is 23.9 Å². The quantitative estimate of drug-likeness (QED) is 0.811. The lowest BCUT2D eigenvalue weighted by molar-refractivity contribution is 0.0316. The molecule has 5 heteroatoms. The summed E-state index contributed by atoms with van der Waals surface area (Å²) in [5.74, 6) is -0.375. The molecule has 2 aromatic carbocycles. The molecule has 0 aliphatic carbocycles. The van der Waals surface area contributed by atoms with E-state index in [0.29, 0.717) is 37.4 Å². The molecule has 0 spiro atoms. The fourth-order valence-electron chi connectivity index (χ4n) is 3.35. The molecule has 0 aromatic heterocycles. The van der Waals surface area contributed by atoms with Gasteiger partial charge in [0.2, 0.25) is 0 Å². The number of ether oxygens (including phenoxy) is 1. The van der Waals surface area contributed by atoms with Gasteiger partial charge in [-0.1, -0.05) is 24.3 Å². The molecule has 2 aliphatic rings. The molecular weight excluding hydrogens is 292 g/mol. The third kappa shape index (κ3) is 2.42. The van der Waals surface area contributed by atoms with Crippen molar-refractivity contribution in [2.45, 2.75) is 0 Å². The van der Waals surface area contributed by atoms with E-state index in [1.54, 1.807) is 0 Å². The average molecular weight is 310 g/mol. The van der Waals surface area contributed by atoms with Crippen LogP contribution in [0, 0.1) is 0 Å². The predicted octanol–water partition coefficient (Wildman–Crippen LogP) is 1.77. The van der Waals surface area contributed by atoms with Crippen LogP contribution in [0.25, 0.3) is 10.8 Å². The van der Waals surface area contributed by atoms with Gasteiger partial charge in [-0.05, 0) is 17.5 Å². The molecule has 5 nitrogen and oxygen atoms in total. The number of rotatable bonds is 3. The summed E-state index contributed by atoms with van der Waals surface area (Å²) in [5, 5.41) is 1.72. The first kappa shape index (κ1) is 14.4. The number of carbonyl (C=O) groups is 2. The Hall–Kier alpha value is -2.24. The van der Waals surface area contributed by atoms with Gasteiger partial charge in [0, 0.05) is 42.7 Å². The number of nitrogens with zero attached hydrogens (tertiary/aromatic N) is 2. The Morgan fingerprint density at radius 2 is 1.48 bits per heavy atom. The fraction of sp³-hybridized carbons (Fsp3) is 0.333. The van der Waals surface area contributed by atoms with Crippen molar-refractivity contribution in [2.75, 3.05) is 39.4 Å². The topological polar surface area (TPSA) is 49.9 Å². The van der Waals surface area contributed by atoms with Crippen LogP contribution in [0.4, 0.5) is 0 Å². The molecule has 23 heavy (non-hydrogen) atoms. The summed E-state index contributed by atoms with van der Waals surface area (Å²) in [6, 6.07) is 11.2. The minimum Gasteiger partial charge on any atom is -0.379 e. The van der Waals surface area contributed by atoms with E-state index >= 15 is 0 Å². The van der Waals surface area contributed by atoms with Crippen LogP contribution in [0.15, 0.2) is 36.4 Å². The Bertz CT molecular complexity index is 730. The number of benzene rings is 2. The van der Waals surface area contributed by atoms with Gasteiger partial charge in [-0.25, -0.2) is 0 Å². The van der Waals surface area contributed by atoms with Crippen LogP contribution < -0.4 is 0 Å². The second kappa shape index (κ2) is 5.76. The molecule has 4 rings (SSSR count). The van der Waals surface area contributed by atoms with Crippen LogP contribution in [0.3, 0.4) is 0 Å². The van der Waals surface area contributed by atoms with Gasteiger partial charge in [-0.2, -0.15) is 0 Å². The molecule has 0 unspecified atom stereocenters. The predicted molar refractivity (Wildman–Crippen MR) is 86.6 cm³/mol. The summed E-state index contributed by atoms with van der Waals surface area (Å²) in [6.45, 7) is 4.24. The van der Waals surface area contributed by atoms with Crippen LogP contribution in [-0.4, -0.2) is 61.0 Å². The van der Waals surface area contributed by atoms with Gasteiger partial charge < -0.3 is 4.74 Å². The highest BCUT2D eigenvalue weighted by Gasteiger charge is 2.32. The van der Waals surface area contributed by atoms with Crippen molar-refractivity contribution in [1.29, 1.82) is 0 Å². The standard InChI is InChI=1S/C18H18N2O3/c21-17-14-5-1-3-13-4-2-6-15(16(13)14)18(22)20(17)8-7-19-9-11-23-12-10-19/h1-6H,7-12H2. The number of hydrogen-bond donors (Lipinski definition) is 0. The van der Waals surface area contributed by atoms with E-state index in [-0.39, 0.29) is 11.8 Å². The zero-order chi connectivity index (χ0) is 15.8. The van der Waals surface area contributed by atoms with Crippen molar-refractivity contribution in [1.82, 2.24) is 9.80 Å². The second-order valence-corrected chi connectivity index (χ2v) is 5.93. The maximum atomic E-state index is 12.7. The van der Waals surface area contributed by atoms with Crippen LogP contribution in [0.5, 0.6) is 0 Å². The van der Waals surface area contributed by atoms with Crippen molar-refractivity contribution in [2.24, 2.45) is 0 Å². The zero-order valence-electron chi connectivity index (χ0n) is 12.8. The van der Waals surface area contributed by atoms with Crippen molar-refractivity contribution >= 4 is 22.6 Å². The Morgan fingerprint density at radius 1 is 0.870 bits per heavy atom. The lowest BCUT2D eigenvalue weighted by atomic mass is 9.94. The van der Waals surface area contributed by atoms with Crippen LogP contribution >= 0.6 is 0 Å². The molecule has 2 amide bonds. The maximum absolute atomic E-state index is 12.7. The van der Waals surface area contributed by atoms with E-state index < -0.39 is 0 Å². The number of imide groups is 1. The number of morpholine rings is 1. The zero-order valence-corrected chi connectivity index (χ0v) is 12.8. The van der Waals surface area contributed by atoms with Gasteiger partial charge in [-0.15, -0.1) is 0 Å². The van der Waals surface area contributed by atoms with Crippen molar-refractivity contribution in [3.8, 4) is 0 Å². The Balaban J connectivity index is 1.63. The largest absolute Gasteiger partial charge is 0.379 e. The van der Waals surface area contributed by atoms with Crippen molar-refractivity contribution < 1.29 is 14.3 Å². The lowest BCUT2D eigenvalue weighted by Gasteiger charge is -2.31. The van der Waals surface area contributed by atoms with Crippen LogP contribution in [0.2, 0.25) is 0 Å². The second-order valence-electron chi connectivity index (χ2n) is 5.93. The average Bonchev–Trinajstić information content (AvgIpc) is 2.60. The molecule has 0 atom stereocenters. The molecule has 0 radical (unpaired) electrons. The first-order chi connectivity index (χ1) is 11.3. The minimum atomic E-state index is -0.187. The summed E-state index contributed by atoms with van der Waals surface area (Å²) in [5.41, 5.74) is 1.25. The van der Waals surface area contributed by atoms with E-state index in [9.17, 15) is 9.59 Å². The SMILES string of the molecule is O=C1c2cccc3cccc(c23)C(=O)N1CCN1CCOCC1. The summed E-state index contributed by atoms with van der Waals surface area (Å²) in [6.07, 6.45) is 0. The van der Waals surface area contributed by atoms with Gasteiger partial charge in [-0.3, -0.25) is 19.4 Å². The Labute approximate surface area is 134 Å². The van der Waals surface area contributed by atoms with Crippen molar-refractivity contribution in [3.05, 3.63) is 47.5 Å². The summed E-state index contributed by atoms with van der Waals surface area (Å²) in [4.78, 5) is 29.1. The van der Waals surface area contributed by atoms with E-state index in [2.05, 4.69) is 4.90 Å². The molecule has 0 N–H and O–H groups in total. The van der Waals surface area contributed by atoms with Gasteiger partial charge in [0.15, 0.2) is 0 Å². The normalized spacial score (nSPS) is 18.7. The molecule has 0 saturated carbocycles. The highest BCUT2D eigenvalue weighted by atomic mass is 16.5. The molecular formula is C18H18N2O3. The highest BCUT2D eigenvalue weighted by molar-refractivity contribution is 6.25.